The van der Waals surface area contributed by atoms with E-state index in [1.165, 1.54) is 6.26 Å². The van der Waals surface area contributed by atoms with Gasteiger partial charge in [0.25, 0.3) is 11.8 Å². The summed E-state index contributed by atoms with van der Waals surface area (Å²) in [5.41, 5.74) is 0.664. The number of rotatable bonds is 3. The summed E-state index contributed by atoms with van der Waals surface area (Å²) < 4.78 is 5.14. The van der Waals surface area contributed by atoms with Crippen molar-refractivity contribution in [3.8, 4) is 0 Å². The van der Waals surface area contributed by atoms with Gasteiger partial charge in [-0.2, -0.15) is 0 Å². The zero-order valence-corrected chi connectivity index (χ0v) is 12.2. The molecule has 0 saturated carbocycles. The van der Waals surface area contributed by atoms with Crippen molar-refractivity contribution in [2.45, 2.75) is 18.9 Å². The molecule has 0 atom stereocenters. The fourth-order valence-electron chi connectivity index (χ4n) is 2.64. The van der Waals surface area contributed by atoms with Gasteiger partial charge in [-0.05, 0) is 37.1 Å². The highest BCUT2D eigenvalue weighted by Gasteiger charge is 2.25. The zero-order valence-electron chi connectivity index (χ0n) is 12.2. The van der Waals surface area contributed by atoms with Crippen LogP contribution in [0.3, 0.4) is 0 Å². The third-order valence-electron chi connectivity index (χ3n) is 3.89. The zero-order chi connectivity index (χ0) is 15.4. The molecular formula is C17H18N2O3. The Kier molecular flexibility index (Phi) is 4.23. The van der Waals surface area contributed by atoms with Gasteiger partial charge in [-0.1, -0.05) is 18.2 Å². The summed E-state index contributed by atoms with van der Waals surface area (Å²) in [5.74, 6) is 0.223. The summed E-state index contributed by atoms with van der Waals surface area (Å²) in [7, 11) is 0. The van der Waals surface area contributed by atoms with Crippen LogP contribution in [0.1, 0.15) is 33.8 Å². The van der Waals surface area contributed by atoms with E-state index in [0.29, 0.717) is 24.4 Å². The van der Waals surface area contributed by atoms with Crippen molar-refractivity contribution in [2.75, 3.05) is 13.1 Å². The van der Waals surface area contributed by atoms with Gasteiger partial charge in [-0.25, -0.2) is 0 Å². The van der Waals surface area contributed by atoms with Crippen LogP contribution in [0, 0.1) is 0 Å². The highest BCUT2D eigenvalue weighted by molar-refractivity contribution is 5.94. The highest BCUT2D eigenvalue weighted by atomic mass is 16.3. The van der Waals surface area contributed by atoms with Crippen LogP contribution in [0.2, 0.25) is 0 Å². The molecule has 0 bridgehead atoms. The maximum atomic E-state index is 12.2. The Morgan fingerprint density at radius 2 is 1.77 bits per heavy atom. The van der Waals surface area contributed by atoms with Crippen LogP contribution in [-0.4, -0.2) is 35.8 Å². The first-order valence-corrected chi connectivity index (χ1v) is 7.43. The van der Waals surface area contributed by atoms with E-state index in [1.54, 1.807) is 29.2 Å². The number of likely N-dealkylation sites (tertiary alicyclic amines) is 1. The average molecular weight is 298 g/mol. The first kappa shape index (κ1) is 14.4. The van der Waals surface area contributed by atoms with Crippen molar-refractivity contribution in [1.82, 2.24) is 10.2 Å². The Hall–Kier alpha value is -2.56. The number of nitrogens with one attached hydrogen (secondary N) is 1. The van der Waals surface area contributed by atoms with Crippen LogP contribution < -0.4 is 5.32 Å². The van der Waals surface area contributed by atoms with Crippen LogP contribution in [-0.2, 0) is 0 Å². The lowest BCUT2D eigenvalue weighted by Gasteiger charge is -2.31. The molecule has 1 N–H and O–H groups in total. The van der Waals surface area contributed by atoms with Crippen LogP contribution in [0.4, 0.5) is 0 Å². The monoisotopic (exact) mass is 298 g/mol. The summed E-state index contributed by atoms with van der Waals surface area (Å²) in [6.45, 7) is 1.25. The van der Waals surface area contributed by atoms with E-state index in [2.05, 4.69) is 5.32 Å². The second-order valence-corrected chi connectivity index (χ2v) is 5.38. The molecule has 0 unspecified atom stereocenters. The molecule has 22 heavy (non-hydrogen) atoms. The van der Waals surface area contributed by atoms with Crippen LogP contribution in [0.25, 0.3) is 0 Å². The Bertz CT molecular complexity index is 629. The molecule has 2 heterocycles. The summed E-state index contributed by atoms with van der Waals surface area (Å²) >= 11 is 0. The number of hydrogen-bond acceptors (Lipinski definition) is 3. The lowest BCUT2D eigenvalue weighted by molar-refractivity contribution is 0.0667. The van der Waals surface area contributed by atoms with Gasteiger partial charge in [0.2, 0.25) is 0 Å². The van der Waals surface area contributed by atoms with E-state index in [-0.39, 0.29) is 17.9 Å². The van der Waals surface area contributed by atoms with Crippen molar-refractivity contribution in [3.63, 3.8) is 0 Å². The lowest BCUT2D eigenvalue weighted by atomic mass is 10.0. The van der Waals surface area contributed by atoms with E-state index < -0.39 is 0 Å². The molecule has 1 aliphatic heterocycles. The molecule has 5 nitrogen and oxygen atoms in total. The lowest BCUT2D eigenvalue weighted by Crippen LogP contribution is -2.46. The number of nitrogens with zero attached hydrogens (tertiary/aromatic N) is 1. The minimum atomic E-state index is -0.0853. The first-order valence-electron chi connectivity index (χ1n) is 7.43. The maximum Gasteiger partial charge on any atom is 0.289 e. The van der Waals surface area contributed by atoms with Crippen molar-refractivity contribution in [2.24, 2.45) is 0 Å². The molecule has 0 spiro atoms. The predicted molar refractivity (Wildman–Crippen MR) is 81.5 cm³/mol. The molecular weight excluding hydrogens is 280 g/mol. The van der Waals surface area contributed by atoms with Crippen molar-refractivity contribution < 1.29 is 14.0 Å². The van der Waals surface area contributed by atoms with E-state index in [1.807, 2.05) is 18.2 Å². The fraction of sp³-hybridized carbons (Fsp3) is 0.294. The number of benzene rings is 1. The van der Waals surface area contributed by atoms with Crippen molar-refractivity contribution >= 4 is 11.8 Å². The van der Waals surface area contributed by atoms with Crippen molar-refractivity contribution in [1.29, 1.82) is 0 Å². The molecule has 1 aromatic carbocycles. The smallest absolute Gasteiger partial charge is 0.289 e. The molecule has 3 rings (SSSR count). The Morgan fingerprint density at radius 3 is 2.41 bits per heavy atom. The van der Waals surface area contributed by atoms with Crippen LogP contribution in [0.5, 0.6) is 0 Å². The van der Waals surface area contributed by atoms with Crippen molar-refractivity contribution in [3.05, 3.63) is 60.1 Å². The average Bonchev–Trinajstić information content (AvgIpc) is 3.10. The van der Waals surface area contributed by atoms with E-state index in [0.717, 1.165) is 12.8 Å². The molecule has 0 aliphatic carbocycles. The van der Waals surface area contributed by atoms with Crippen LogP contribution >= 0.6 is 0 Å². The summed E-state index contributed by atoms with van der Waals surface area (Å²) in [4.78, 5) is 26.0. The van der Waals surface area contributed by atoms with Gasteiger partial charge in [0, 0.05) is 24.7 Å². The molecule has 1 fully saturated rings. The van der Waals surface area contributed by atoms with Gasteiger partial charge in [0.1, 0.15) is 0 Å². The maximum absolute atomic E-state index is 12.2. The van der Waals surface area contributed by atoms with Crippen LogP contribution in [0.15, 0.2) is 53.1 Å². The summed E-state index contributed by atoms with van der Waals surface area (Å²) in [6.07, 6.45) is 3.01. The molecule has 1 saturated heterocycles. The van der Waals surface area contributed by atoms with E-state index >= 15 is 0 Å². The van der Waals surface area contributed by atoms with E-state index in [4.69, 9.17) is 4.42 Å². The second kappa shape index (κ2) is 6.47. The Morgan fingerprint density at radius 1 is 1.05 bits per heavy atom. The minimum absolute atomic E-state index is 0.0589. The molecule has 1 aromatic heterocycles. The Labute approximate surface area is 128 Å². The molecule has 2 aromatic rings. The topological polar surface area (TPSA) is 62.6 Å². The molecule has 2 amide bonds. The van der Waals surface area contributed by atoms with Gasteiger partial charge in [0.05, 0.1) is 6.26 Å². The number of carbonyl (C=O) groups excluding carboxylic acids is 2. The molecule has 1 aliphatic rings. The number of carbonyl (C=O) groups is 2. The molecule has 0 radical (unpaired) electrons. The summed E-state index contributed by atoms with van der Waals surface area (Å²) in [6, 6.07) is 12.7. The Balaban J connectivity index is 1.52. The van der Waals surface area contributed by atoms with Gasteiger partial charge >= 0.3 is 0 Å². The second-order valence-electron chi connectivity index (χ2n) is 5.38. The summed E-state index contributed by atoms with van der Waals surface area (Å²) in [5, 5.41) is 3.03. The largest absolute Gasteiger partial charge is 0.459 e. The third-order valence-corrected chi connectivity index (χ3v) is 3.89. The minimum Gasteiger partial charge on any atom is -0.459 e. The quantitative estimate of drug-likeness (QED) is 0.946. The predicted octanol–water partition coefficient (Wildman–Crippen LogP) is 2.31. The number of furan rings is 1. The first-order chi connectivity index (χ1) is 10.7. The highest BCUT2D eigenvalue weighted by Crippen LogP contribution is 2.15. The number of hydrogen-bond donors (Lipinski definition) is 1. The molecule has 114 valence electrons. The third kappa shape index (κ3) is 3.19. The number of amides is 2. The van der Waals surface area contributed by atoms with Gasteiger partial charge < -0.3 is 14.6 Å². The standard InChI is InChI=1S/C17H18N2O3/c20-16(13-5-2-1-3-6-13)18-14-8-10-19(11-9-14)17(21)15-7-4-12-22-15/h1-7,12,14H,8-11H2,(H,18,20). The SMILES string of the molecule is O=C(NC1CCN(C(=O)c2ccco2)CC1)c1ccccc1. The van der Waals surface area contributed by atoms with E-state index in [9.17, 15) is 9.59 Å². The van der Waals surface area contributed by atoms with Gasteiger partial charge in [-0.3, -0.25) is 9.59 Å². The number of piperidine rings is 1. The molecule has 5 heteroatoms. The normalized spacial score (nSPS) is 15.5. The van der Waals surface area contributed by atoms with Gasteiger partial charge in [0.15, 0.2) is 5.76 Å². The fourth-order valence-corrected chi connectivity index (χ4v) is 2.64. The van der Waals surface area contributed by atoms with Gasteiger partial charge in [-0.15, -0.1) is 0 Å².